The van der Waals surface area contributed by atoms with E-state index in [1.807, 2.05) is 0 Å². The minimum atomic E-state index is -4.93. The van der Waals surface area contributed by atoms with Crippen molar-refractivity contribution in [1.29, 1.82) is 0 Å². The summed E-state index contributed by atoms with van der Waals surface area (Å²) >= 11 is 0. The number of ether oxygens (including phenoxy) is 1. The van der Waals surface area contributed by atoms with Gasteiger partial charge < -0.3 is 9.30 Å². The average molecular weight is 487 g/mol. The second kappa shape index (κ2) is 8.41. The molecule has 0 N–H and O–H groups in total. The fourth-order valence-corrected chi connectivity index (χ4v) is 5.15. The summed E-state index contributed by atoms with van der Waals surface area (Å²) in [5.41, 5.74) is -0.951. The van der Waals surface area contributed by atoms with Gasteiger partial charge in [0.15, 0.2) is 5.03 Å². The highest BCUT2D eigenvalue weighted by atomic mass is 32.2. The normalized spacial score (nSPS) is 19.7. The molecule has 4 rings (SSSR count). The Morgan fingerprint density at radius 3 is 2.36 bits per heavy atom. The Labute approximate surface area is 186 Å². The van der Waals surface area contributed by atoms with E-state index >= 15 is 0 Å². The third kappa shape index (κ3) is 4.71. The second-order valence-electron chi connectivity index (χ2n) is 7.65. The molecule has 0 amide bonds. The van der Waals surface area contributed by atoms with Crippen LogP contribution in [0, 0.1) is 11.6 Å². The zero-order valence-electron chi connectivity index (χ0n) is 17.1. The number of sulfonamides is 1. The molecule has 0 saturated carbocycles. The Hall–Kier alpha value is -2.99. The lowest BCUT2D eigenvalue weighted by molar-refractivity contribution is -0.140. The van der Waals surface area contributed by atoms with E-state index in [0.29, 0.717) is 17.7 Å². The van der Waals surface area contributed by atoms with Gasteiger partial charge in [-0.3, -0.25) is 0 Å². The van der Waals surface area contributed by atoms with Gasteiger partial charge in [0.2, 0.25) is 0 Å². The minimum Gasteiger partial charge on any atom is -0.488 e. The fraction of sp³-hybridized carbons (Fsp3) is 0.286. The predicted octanol–water partition coefficient (Wildman–Crippen LogP) is 3.95. The largest absolute Gasteiger partial charge is 0.488 e. The van der Waals surface area contributed by atoms with Crippen LogP contribution in [0.15, 0.2) is 60.0 Å². The molecule has 0 radical (unpaired) electrons. The highest BCUT2D eigenvalue weighted by molar-refractivity contribution is 7.89. The first kappa shape index (κ1) is 23.2. The molecular formula is C21H18F5N3O3S. The quantitative estimate of drug-likeness (QED) is 0.512. The fourth-order valence-electron chi connectivity index (χ4n) is 3.71. The summed E-state index contributed by atoms with van der Waals surface area (Å²) < 4.78 is 101. The molecule has 0 bridgehead atoms. The van der Waals surface area contributed by atoms with Crippen molar-refractivity contribution in [2.75, 3.05) is 13.1 Å². The van der Waals surface area contributed by atoms with E-state index in [9.17, 15) is 30.4 Å². The smallest absolute Gasteiger partial charge is 0.419 e. The molecule has 1 aliphatic heterocycles. The molecule has 1 saturated heterocycles. The van der Waals surface area contributed by atoms with Crippen LogP contribution in [0.25, 0.3) is 0 Å². The van der Waals surface area contributed by atoms with Gasteiger partial charge in [-0.2, -0.15) is 17.5 Å². The van der Waals surface area contributed by atoms with Crippen LogP contribution < -0.4 is 4.74 Å². The molecule has 2 atom stereocenters. The summed E-state index contributed by atoms with van der Waals surface area (Å²) in [6.07, 6.45) is -3.19. The van der Waals surface area contributed by atoms with Gasteiger partial charge in [0.25, 0.3) is 10.0 Å². The van der Waals surface area contributed by atoms with E-state index in [1.54, 1.807) is 7.05 Å². The standard InChI is InChI=1S/C21H18F5N3O3S/c1-28-11-20(27-12-28)33(30,31)29-9-16(13-2-4-14(22)5-3-13)19(10-29)32-15-6-7-18(23)17(8-15)21(24,25)26/h2-8,11-12,16,19H,9-10H2,1H3/t16-,19+/m1/s1. The maximum absolute atomic E-state index is 13.7. The molecule has 176 valence electrons. The van der Waals surface area contributed by atoms with Crippen LogP contribution in [0.1, 0.15) is 17.0 Å². The molecule has 33 heavy (non-hydrogen) atoms. The number of hydrogen-bond donors (Lipinski definition) is 0. The Kier molecular flexibility index (Phi) is 5.91. The van der Waals surface area contributed by atoms with Crippen LogP contribution in [0.5, 0.6) is 5.75 Å². The predicted molar refractivity (Wildman–Crippen MR) is 107 cm³/mol. The molecule has 3 aromatic rings. The number of halogens is 5. The number of aryl methyl sites for hydroxylation is 1. The SMILES string of the molecule is Cn1cnc(S(=O)(=O)N2C[C@H](Oc3ccc(F)c(C(F)(F)F)c3)[C@@H](c3ccc(F)cc3)C2)c1. The van der Waals surface area contributed by atoms with Gasteiger partial charge in [0.1, 0.15) is 23.5 Å². The zero-order chi connectivity index (χ0) is 24.0. The van der Waals surface area contributed by atoms with Crippen LogP contribution in [-0.2, 0) is 23.2 Å². The molecule has 0 unspecified atom stereocenters. The first-order valence-electron chi connectivity index (χ1n) is 9.72. The highest BCUT2D eigenvalue weighted by Crippen LogP contribution is 2.37. The van der Waals surface area contributed by atoms with E-state index in [2.05, 4.69) is 4.98 Å². The maximum atomic E-state index is 13.7. The first-order valence-corrected chi connectivity index (χ1v) is 11.2. The summed E-state index contributed by atoms with van der Waals surface area (Å²) in [5.74, 6) is -2.84. The van der Waals surface area contributed by atoms with E-state index < -0.39 is 45.4 Å². The van der Waals surface area contributed by atoms with Gasteiger partial charge in [0.05, 0.1) is 18.4 Å². The van der Waals surface area contributed by atoms with Crippen molar-refractivity contribution in [3.8, 4) is 5.75 Å². The van der Waals surface area contributed by atoms with Gasteiger partial charge in [-0.05, 0) is 35.9 Å². The number of hydrogen-bond acceptors (Lipinski definition) is 4. The van der Waals surface area contributed by atoms with Gasteiger partial charge >= 0.3 is 6.18 Å². The van der Waals surface area contributed by atoms with Crippen LogP contribution in [0.2, 0.25) is 0 Å². The molecule has 12 heteroatoms. The molecule has 1 aromatic heterocycles. The van der Waals surface area contributed by atoms with Gasteiger partial charge in [0, 0.05) is 25.7 Å². The number of nitrogens with zero attached hydrogens (tertiary/aromatic N) is 3. The Morgan fingerprint density at radius 1 is 1.06 bits per heavy atom. The minimum absolute atomic E-state index is 0.0669. The van der Waals surface area contributed by atoms with Crippen molar-refractivity contribution in [3.05, 3.63) is 77.8 Å². The van der Waals surface area contributed by atoms with Gasteiger partial charge in [-0.15, -0.1) is 0 Å². The molecule has 2 aromatic carbocycles. The number of imidazole rings is 1. The lowest BCUT2D eigenvalue weighted by Gasteiger charge is -2.21. The van der Waals surface area contributed by atoms with Crippen molar-refractivity contribution in [2.24, 2.45) is 7.05 Å². The van der Waals surface area contributed by atoms with Crippen molar-refractivity contribution >= 4 is 10.0 Å². The van der Waals surface area contributed by atoms with E-state index in [1.165, 1.54) is 41.4 Å². The van der Waals surface area contributed by atoms with Crippen LogP contribution in [-0.4, -0.2) is 41.5 Å². The number of benzene rings is 2. The van der Waals surface area contributed by atoms with Crippen molar-refractivity contribution in [3.63, 3.8) is 0 Å². The average Bonchev–Trinajstić information content (AvgIpc) is 3.36. The third-order valence-electron chi connectivity index (χ3n) is 5.35. The molecule has 1 fully saturated rings. The van der Waals surface area contributed by atoms with E-state index in [0.717, 1.165) is 10.4 Å². The summed E-state index contributed by atoms with van der Waals surface area (Å²) in [7, 11) is -2.42. The monoisotopic (exact) mass is 487 g/mol. The van der Waals surface area contributed by atoms with Gasteiger partial charge in [-0.1, -0.05) is 12.1 Å². The van der Waals surface area contributed by atoms with Crippen molar-refractivity contribution in [1.82, 2.24) is 13.9 Å². The van der Waals surface area contributed by atoms with Crippen LogP contribution >= 0.6 is 0 Å². The first-order chi connectivity index (χ1) is 15.4. The van der Waals surface area contributed by atoms with Crippen LogP contribution in [0.4, 0.5) is 22.0 Å². The molecule has 0 spiro atoms. The highest BCUT2D eigenvalue weighted by Gasteiger charge is 2.43. The second-order valence-corrected chi connectivity index (χ2v) is 9.54. The Morgan fingerprint density at radius 2 is 1.76 bits per heavy atom. The number of alkyl halides is 3. The molecule has 0 aliphatic carbocycles. The number of aromatic nitrogens is 2. The summed E-state index contributed by atoms with van der Waals surface area (Å²) in [4.78, 5) is 3.88. The maximum Gasteiger partial charge on any atom is 0.419 e. The summed E-state index contributed by atoms with van der Waals surface area (Å²) in [6, 6.07) is 7.53. The van der Waals surface area contributed by atoms with Crippen LogP contribution in [0.3, 0.4) is 0 Å². The molecular weight excluding hydrogens is 469 g/mol. The number of rotatable bonds is 5. The lowest BCUT2D eigenvalue weighted by Crippen LogP contribution is -2.31. The van der Waals surface area contributed by atoms with E-state index in [4.69, 9.17) is 4.74 Å². The Balaban J connectivity index is 1.67. The third-order valence-corrected chi connectivity index (χ3v) is 7.06. The summed E-state index contributed by atoms with van der Waals surface area (Å²) in [5, 5.41) is -0.190. The lowest BCUT2D eigenvalue weighted by atomic mass is 9.96. The molecule has 1 aliphatic rings. The zero-order valence-corrected chi connectivity index (χ0v) is 17.9. The van der Waals surface area contributed by atoms with Gasteiger partial charge in [-0.25, -0.2) is 22.2 Å². The topological polar surface area (TPSA) is 64.4 Å². The van der Waals surface area contributed by atoms with Crippen molar-refractivity contribution < 1.29 is 35.1 Å². The molecule has 2 heterocycles. The van der Waals surface area contributed by atoms with Crippen molar-refractivity contribution in [2.45, 2.75) is 23.2 Å². The Bertz CT molecular complexity index is 1260. The summed E-state index contributed by atoms with van der Waals surface area (Å²) in [6.45, 7) is -0.262. The molecule has 6 nitrogen and oxygen atoms in total. The van der Waals surface area contributed by atoms with E-state index in [-0.39, 0.29) is 23.9 Å².